The summed E-state index contributed by atoms with van der Waals surface area (Å²) in [6.45, 7) is 6.80. The summed E-state index contributed by atoms with van der Waals surface area (Å²) in [7, 11) is 0. The molecule has 140 valence electrons. The van der Waals surface area contributed by atoms with Gasteiger partial charge in [-0.3, -0.25) is 14.7 Å². The highest BCUT2D eigenvalue weighted by atomic mass is 32.1. The number of aromatic nitrogens is 1. The summed E-state index contributed by atoms with van der Waals surface area (Å²) in [5.74, 6) is -0.0197. The van der Waals surface area contributed by atoms with Gasteiger partial charge in [0, 0.05) is 48.7 Å². The molecular weight excluding hydrogens is 346 g/mol. The Balaban J connectivity index is 1.62. The number of amides is 1. The minimum absolute atomic E-state index is 0.0136. The van der Waals surface area contributed by atoms with Crippen molar-refractivity contribution in [3.8, 4) is 0 Å². The molecule has 3 rings (SSSR count). The number of carbonyl (C=O) groups excluding carboxylic acids is 1. The van der Waals surface area contributed by atoms with Crippen LogP contribution >= 0.6 is 11.3 Å². The molecule has 0 aliphatic carbocycles. The average Bonchev–Trinajstić information content (AvgIpc) is 3.06. The number of hydrogen-bond acceptors (Lipinski definition) is 5. The molecule has 2 aromatic rings. The van der Waals surface area contributed by atoms with Crippen LogP contribution in [-0.2, 0) is 25.9 Å². The first-order chi connectivity index (χ1) is 12.6. The first kappa shape index (κ1) is 19.0. The van der Waals surface area contributed by atoms with Crippen molar-refractivity contribution in [1.29, 1.82) is 0 Å². The summed E-state index contributed by atoms with van der Waals surface area (Å²) in [5, 5.41) is 13.9. The van der Waals surface area contributed by atoms with Gasteiger partial charge in [0.05, 0.1) is 11.3 Å². The SMILES string of the molecule is CCc1ccc(CN2CCc3c(C(=O)N[C@H](C)CCO)csc3C2)nc1. The third-order valence-corrected chi connectivity index (χ3v) is 5.90. The third kappa shape index (κ3) is 4.50. The molecule has 0 fully saturated rings. The molecule has 2 N–H and O–H groups in total. The number of rotatable bonds is 7. The van der Waals surface area contributed by atoms with E-state index in [-0.39, 0.29) is 18.6 Å². The number of pyridine rings is 1. The Kier molecular flexibility index (Phi) is 6.40. The third-order valence-electron chi connectivity index (χ3n) is 4.89. The van der Waals surface area contributed by atoms with Crippen molar-refractivity contribution in [3.63, 3.8) is 0 Å². The molecule has 3 heterocycles. The number of aliphatic hydroxyl groups excluding tert-OH is 1. The molecule has 0 bridgehead atoms. The maximum Gasteiger partial charge on any atom is 0.252 e. The Morgan fingerprint density at radius 2 is 2.31 bits per heavy atom. The number of fused-ring (bicyclic) bond motifs is 1. The highest BCUT2D eigenvalue weighted by Gasteiger charge is 2.24. The predicted octanol–water partition coefficient (Wildman–Crippen LogP) is 2.76. The maximum atomic E-state index is 12.5. The second-order valence-corrected chi connectivity index (χ2v) is 7.87. The molecule has 1 aliphatic rings. The summed E-state index contributed by atoms with van der Waals surface area (Å²) in [4.78, 5) is 20.7. The van der Waals surface area contributed by atoms with E-state index in [1.165, 1.54) is 16.0 Å². The zero-order valence-electron chi connectivity index (χ0n) is 15.5. The number of nitrogens with zero attached hydrogens (tertiary/aromatic N) is 2. The highest BCUT2D eigenvalue weighted by Crippen LogP contribution is 2.29. The van der Waals surface area contributed by atoms with E-state index < -0.39 is 0 Å². The molecule has 1 amide bonds. The molecule has 1 atom stereocenters. The quantitative estimate of drug-likeness (QED) is 0.783. The van der Waals surface area contributed by atoms with Gasteiger partial charge in [-0.25, -0.2) is 0 Å². The van der Waals surface area contributed by atoms with Crippen molar-refractivity contribution in [2.24, 2.45) is 0 Å². The van der Waals surface area contributed by atoms with Gasteiger partial charge >= 0.3 is 0 Å². The zero-order chi connectivity index (χ0) is 18.5. The van der Waals surface area contributed by atoms with E-state index in [4.69, 9.17) is 5.11 Å². The van der Waals surface area contributed by atoms with Gasteiger partial charge in [-0.2, -0.15) is 0 Å². The average molecular weight is 374 g/mol. The Morgan fingerprint density at radius 1 is 1.46 bits per heavy atom. The van der Waals surface area contributed by atoms with Crippen molar-refractivity contribution < 1.29 is 9.90 Å². The molecule has 0 unspecified atom stereocenters. The minimum Gasteiger partial charge on any atom is -0.396 e. The standard InChI is InChI=1S/C20H27N3O2S/c1-3-15-4-5-16(21-10-15)11-23-8-6-17-18(13-26-19(17)12-23)20(25)22-14(2)7-9-24/h4-5,10,13-14,24H,3,6-9,11-12H2,1-2H3,(H,22,25)/t14-/m1/s1. The van der Waals surface area contributed by atoms with Crippen molar-refractivity contribution in [2.75, 3.05) is 13.2 Å². The van der Waals surface area contributed by atoms with Gasteiger partial charge in [0.1, 0.15) is 0 Å². The minimum atomic E-state index is -0.0197. The van der Waals surface area contributed by atoms with E-state index in [0.717, 1.165) is 43.7 Å². The number of hydrogen-bond donors (Lipinski definition) is 2. The summed E-state index contributed by atoms with van der Waals surface area (Å²) < 4.78 is 0. The van der Waals surface area contributed by atoms with Crippen molar-refractivity contribution in [1.82, 2.24) is 15.2 Å². The van der Waals surface area contributed by atoms with E-state index in [2.05, 4.69) is 34.3 Å². The van der Waals surface area contributed by atoms with Crippen LogP contribution in [0.1, 0.15) is 52.3 Å². The first-order valence-electron chi connectivity index (χ1n) is 9.27. The van der Waals surface area contributed by atoms with Crippen molar-refractivity contribution in [3.05, 3.63) is 51.0 Å². The molecule has 0 spiro atoms. The fraction of sp³-hybridized carbons (Fsp3) is 0.500. The molecular formula is C20H27N3O2S. The Bertz CT molecular complexity index is 742. The van der Waals surface area contributed by atoms with Crippen LogP contribution in [0.2, 0.25) is 0 Å². The molecule has 0 aromatic carbocycles. The number of aryl methyl sites for hydroxylation is 1. The van der Waals surface area contributed by atoms with E-state index in [1.54, 1.807) is 11.3 Å². The van der Waals surface area contributed by atoms with E-state index in [0.29, 0.717) is 6.42 Å². The monoisotopic (exact) mass is 373 g/mol. The van der Waals surface area contributed by atoms with Crippen LogP contribution in [0.25, 0.3) is 0 Å². The highest BCUT2D eigenvalue weighted by molar-refractivity contribution is 7.10. The fourth-order valence-electron chi connectivity index (χ4n) is 3.26. The van der Waals surface area contributed by atoms with Gasteiger partial charge in [0.25, 0.3) is 5.91 Å². The lowest BCUT2D eigenvalue weighted by Crippen LogP contribution is -2.35. The molecule has 2 aromatic heterocycles. The van der Waals surface area contributed by atoms with Gasteiger partial charge in [0.15, 0.2) is 0 Å². The van der Waals surface area contributed by atoms with Crippen molar-refractivity contribution in [2.45, 2.75) is 52.2 Å². The van der Waals surface area contributed by atoms with Crippen molar-refractivity contribution >= 4 is 17.2 Å². The zero-order valence-corrected chi connectivity index (χ0v) is 16.3. The van der Waals surface area contributed by atoms with Crippen LogP contribution in [0, 0.1) is 0 Å². The van der Waals surface area contributed by atoms with E-state index in [9.17, 15) is 4.79 Å². The van der Waals surface area contributed by atoms with Gasteiger partial charge in [-0.15, -0.1) is 11.3 Å². The Hall–Kier alpha value is -1.76. The van der Waals surface area contributed by atoms with E-state index in [1.807, 2.05) is 18.5 Å². The van der Waals surface area contributed by atoms with Gasteiger partial charge in [-0.05, 0) is 43.4 Å². The number of carbonyl (C=O) groups is 1. The Morgan fingerprint density at radius 3 is 3.00 bits per heavy atom. The van der Waals surface area contributed by atoms with Crippen LogP contribution in [-0.4, -0.2) is 40.1 Å². The number of aliphatic hydroxyl groups is 1. The van der Waals surface area contributed by atoms with Crippen LogP contribution in [0.3, 0.4) is 0 Å². The predicted molar refractivity (Wildman–Crippen MR) is 104 cm³/mol. The van der Waals surface area contributed by atoms with Gasteiger partial charge < -0.3 is 10.4 Å². The lowest BCUT2D eigenvalue weighted by molar-refractivity contribution is 0.0933. The van der Waals surface area contributed by atoms with Crippen LogP contribution in [0.4, 0.5) is 0 Å². The van der Waals surface area contributed by atoms with Gasteiger partial charge in [0.2, 0.25) is 0 Å². The molecule has 0 radical (unpaired) electrons. The molecule has 5 nitrogen and oxygen atoms in total. The number of thiophene rings is 1. The molecule has 6 heteroatoms. The smallest absolute Gasteiger partial charge is 0.252 e. The second kappa shape index (κ2) is 8.75. The molecule has 26 heavy (non-hydrogen) atoms. The molecule has 1 aliphatic heterocycles. The summed E-state index contributed by atoms with van der Waals surface area (Å²) in [6.07, 6.45) is 4.45. The summed E-state index contributed by atoms with van der Waals surface area (Å²) >= 11 is 1.67. The lowest BCUT2D eigenvalue weighted by atomic mass is 10.0. The lowest BCUT2D eigenvalue weighted by Gasteiger charge is -2.27. The first-order valence-corrected chi connectivity index (χ1v) is 10.2. The van der Waals surface area contributed by atoms with Crippen LogP contribution in [0.15, 0.2) is 23.7 Å². The fourth-order valence-corrected chi connectivity index (χ4v) is 4.38. The van der Waals surface area contributed by atoms with Gasteiger partial charge in [-0.1, -0.05) is 13.0 Å². The molecule has 0 saturated carbocycles. The summed E-state index contributed by atoms with van der Waals surface area (Å²) in [6, 6.07) is 4.25. The Labute approximate surface area is 159 Å². The maximum absolute atomic E-state index is 12.5. The molecule has 0 saturated heterocycles. The van der Waals surface area contributed by atoms with Crippen LogP contribution < -0.4 is 5.32 Å². The summed E-state index contributed by atoms with van der Waals surface area (Å²) in [5.41, 5.74) is 4.35. The second-order valence-electron chi connectivity index (χ2n) is 6.91. The topological polar surface area (TPSA) is 65.5 Å². The normalized spacial score (nSPS) is 15.5. The van der Waals surface area contributed by atoms with Crippen LogP contribution in [0.5, 0.6) is 0 Å². The largest absolute Gasteiger partial charge is 0.396 e. The van der Waals surface area contributed by atoms with E-state index >= 15 is 0 Å². The number of nitrogens with one attached hydrogen (secondary N) is 1.